The molecule has 8 rings (SSSR count). The van der Waals surface area contributed by atoms with Crippen LogP contribution in [0.4, 0.5) is 11.6 Å². The Balaban J connectivity index is 1.03. The van der Waals surface area contributed by atoms with Gasteiger partial charge in [0.05, 0.1) is 12.7 Å². The maximum atomic E-state index is 13.7. The Kier molecular flexibility index (Phi) is 5.91. The molecule has 5 N–H and O–H groups in total. The zero-order chi connectivity index (χ0) is 30.5. The van der Waals surface area contributed by atoms with Gasteiger partial charge < -0.3 is 45.2 Å². The first-order chi connectivity index (χ1) is 21.0. The molecule has 4 aliphatic rings. The van der Waals surface area contributed by atoms with Gasteiger partial charge in [-0.25, -0.2) is 29.9 Å². The first kappa shape index (κ1) is 27.5. The molecule has 4 aromatic heterocycles. The molecular formula is C26H31N11O7. The van der Waals surface area contributed by atoms with Crippen molar-refractivity contribution >= 4 is 39.9 Å². The summed E-state index contributed by atoms with van der Waals surface area (Å²) in [5.74, 6) is -1.74. The summed E-state index contributed by atoms with van der Waals surface area (Å²) in [7, 11) is 0. The molecule has 18 heteroatoms. The van der Waals surface area contributed by atoms with Crippen LogP contribution in [0.1, 0.15) is 40.2 Å². The second-order valence-corrected chi connectivity index (χ2v) is 12.1. The maximum absolute atomic E-state index is 13.7. The number of aromatic nitrogens is 8. The second kappa shape index (κ2) is 9.46. The number of anilines is 2. The van der Waals surface area contributed by atoms with Gasteiger partial charge in [-0.05, 0) is 27.7 Å². The average Bonchev–Trinajstić information content (AvgIpc) is 3.79. The molecule has 0 unspecified atom stereocenters. The van der Waals surface area contributed by atoms with Gasteiger partial charge in [0.2, 0.25) is 0 Å². The molecule has 4 aromatic rings. The molecule has 0 radical (unpaired) electrons. The van der Waals surface area contributed by atoms with Crippen molar-refractivity contribution in [3.63, 3.8) is 0 Å². The van der Waals surface area contributed by atoms with Crippen LogP contribution in [0.3, 0.4) is 0 Å². The summed E-state index contributed by atoms with van der Waals surface area (Å²) in [6, 6.07) is 0. The number of nitrogens with two attached hydrogens (primary N) is 2. The van der Waals surface area contributed by atoms with Crippen molar-refractivity contribution in [3.8, 4) is 0 Å². The molecule has 8 atom stereocenters. The van der Waals surface area contributed by atoms with E-state index in [0.29, 0.717) is 22.3 Å². The summed E-state index contributed by atoms with van der Waals surface area (Å²) >= 11 is 0. The highest BCUT2D eigenvalue weighted by atomic mass is 16.8. The Morgan fingerprint density at radius 3 is 1.84 bits per heavy atom. The molecule has 4 aliphatic heterocycles. The van der Waals surface area contributed by atoms with Crippen LogP contribution < -0.4 is 16.8 Å². The molecule has 1 amide bonds. The van der Waals surface area contributed by atoms with E-state index in [9.17, 15) is 4.79 Å². The minimum atomic E-state index is -1.01. The smallest absolute Gasteiger partial charge is 0.252 e. The number of carbonyl (C=O) groups is 1. The third-order valence-corrected chi connectivity index (χ3v) is 8.21. The van der Waals surface area contributed by atoms with E-state index in [1.165, 1.54) is 19.0 Å². The first-order valence-corrected chi connectivity index (χ1v) is 14.2. The van der Waals surface area contributed by atoms with Gasteiger partial charge in [-0.3, -0.25) is 13.9 Å². The van der Waals surface area contributed by atoms with Crippen LogP contribution in [0.25, 0.3) is 22.3 Å². The molecule has 232 valence electrons. The zero-order valence-corrected chi connectivity index (χ0v) is 24.2. The number of hydrogen-bond acceptors (Lipinski definition) is 15. The lowest BCUT2D eigenvalue weighted by Crippen LogP contribution is -2.47. The lowest BCUT2D eigenvalue weighted by molar-refractivity contribution is -0.199. The van der Waals surface area contributed by atoms with E-state index in [2.05, 4.69) is 35.2 Å². The van der Waals surface area contributed by atoms with Gasteiger partial charge in [0.1, 0.15) is 54.2 Å². The van der Waals surface area contributed by atoms with Gasteiger partial charge >= 0.3 is 0 Å². The van der Waals surface area contributed by atoms with Crippen molar-refractivity contribution in [1.29, 1.82) is 0 Å². The molecule has 8 heterocycles. The Labute approximate surface area is 249 Å². The van der Waals surface area contributed by atoms with Crippen molar-refractivity contribution in [2.45, 2.75) is 88.3 Å². The highest BCUT2D eigenvalue weighted by molar-refractivity contribution is 5.83. The normalized spacial score (nSPS) is 33.6. The maximum Gasteiger partial charge on any atom is 0.252 e. The molecule has 18 nitrogen and oxygen atoms in total. The number of fused-ring (bicyclic) bond motifs is 4. The number of nitrogens with one attached hydrogen (secondary N) is 1. The average molecular weight is 610 g/mol. The summed E-state index contributed by atoms with van der Waals surface area (Å²) in [6.07, 6.45) is 0.510. The van der Waals surface area contributed by atoms with E-state index in [-0.39, 0.29) is 18.2 Å². The standard InChI is InChI=1S/C26H31N11O7/c1-25(2)41-13-10(39-23(16(13)43-25)36-8-34-11-18(27)30-6-32-20(11)36)5-29-22(38)15-14-17(44-26(3,4)42-14)24(40-15)37-9-35-12-19(28)31-7-33-21(12)37/h6-10,13-17,23-24H,5H2,1-4H3,(H,29,38)(H2,27,30,32)(H2,28,31,33)/t10-,13-,14-,15+,16-,17-,23-,24-/m1/s1. The number of ether oxygens (including phenoxy) is 6. The first-order valence-electron chi connectivity index (χ1n) is 14.2. The molecule has 0 aliphatic carbocycles. The van der Waals surface area contributed by atoms with Crippen molar-refractivity contribution in [3.05, 3.63) is 25.3 Å². The lowest BCUT2D eigenvalue weighted by Gasteiger charge is -2.26. The minimum Gasteiger partial charge on any atom is -0.382 e. The number of hydrogen-bond donors (Lipinski definition) is 3. The summed E-state index contributed by atoms with van der Waals surface area (Å²) in [6.45, 7) is 7.33. The van der Waals surface area contributed by atoms with Crippen LogP contribution >= 0.6 is 0 Å². The summed E-state index contributed by atoms with van der Waals surface area (Å²) in [4.78, 5) is 39.1. The molecular weight excluding hydrogens is 578 g/mol. The van der Waals surface area contributed by atoms with Crippen molar-refractivity contribution < 1.29 is 33.2 Å². The van der Waals surface area contributed by atoms with Gasteiger partial charge in [0, 0.05) is 6.54 Å². The van der Waals surface area contributed by atoms with Crippen molar-refractivity contribution in [2.75, 3.05) is 18.0 Å². The van der Waals surface area contributed by atoms with Gasteiger partial charge in [-0.15, -0.1) is 0 Å². The fourth-order valence-electron chi connectivity index (χ4n) is 6.47. The van der Waals surface area contributed by atoms with E-state index in [1.54, 1.807) is 29.3 Å². The summed E-state index contributed by atoms with van der Waals surface area (Å²) in [5.41, 5.74) is 13.8. The number of carbonyl (C=O) groups excluding carboxylic acids is 1. The molecule has 4 saturated heterocycles. The molecule has 4 fully saturated rings. The number of rotatable bonds is 5. The predicted molar refractivity (Wildman–Crippen MR) is 148 cm³/mol. The fraction of sp³-hybridized carbons (Fsp3) is 0.577. The van der Waals surface area contributed by atoms with Crippen LogP contribution in [0.5, 0.6) is 0 Å². The van der Waals surface area contributed by atoms with E-state index < -0.39 is 66.6 Å². The Morgan fingerprint density at radius 2 is 1.25 bits per heavy atom. The Morgan fingerprint density at radius 1 is 0.750 bits per heavy atom. The summed E-state index contributed by atoms with van der Waals surface area (Å²) < 4.78 is 40.9. The molecule has 0 aromatic carbocycles. The number of nitrogen functional groups attached to an aromatic ring is 2. The van der Waals surface area contributed by atoms with E-state index in [1.807, 2.05) is 13.8 Å². The highest BCUT2D eigenvalue weighted by Crippen LogP contribution is 2.45. The van der Waals surface area contributed by atoms with Crippen LogP contribution in [-0.4, -0.2) is 99.7 Å². The topological polar surface area (TPSA) is 224 Å². The second-order valence-electron chi connectivity index (χ2n) is 12.1. The van der Waals surface area contributed by atoms with Crippen molar-refractivity contribution in [2.24, 2.45) is 0 Å². The van der Waals surface area contributed by atoms with Gasteiger partial charge in [-0.2, -0.15) is 0 Å². The van der Waals surface area contributed by atoms with E-state index in [0.717, 1.165) is 0 Å². The zero-order valence-electron chi connectivity index (χ0n) is 24.2. The Bertz CT molecular complexity index is 1780. The third-order valence-electron chi connectivity index (χ3n) is 8.21. The lowest BCUT2D eigenvalue weighted by atomic mass is 10.1. The van der Waals surface area contributed by atoms with Crippen LogP contribution in [-0.2, 0) is 33.2 Å². The van der Waals surface area contributed by atoms with E-state index in [4.69, 9.17) is 39.9 Å². The van der Waals surface area contributed by atoms with Gasteiger partial charge in [0.15, 0.2) is 53.1 Å². The van der Waals surface area contributed by atoms with Crippen LogP contribution in [0.2, 0.25) is 0 Å². The largest absolute Gasteiger partial charge is 0.382 e. The Hall–Kier alpha value is -4.07. The molecule has 0 bridgehead atoms. The van der Waals surface area contributed by atoms with Gasteiger partial charge in [0.25, 0.3) is 5.91 Å². The molecule has 44 heavy (non-hydrogen) atoms. The number of nitrogens with zero attached hydrogens (tertiary/aromatic N) is 8. The number of amides is 1. The number of imidazole rings is 2. The SMILES string of the molecule is CC1(C)O[C@@H]2[C@H](O1)[C@@H](C(=O)NC[C@H]1O[C@@H](n3cnc4c(N)ncnc43)[C@@H]3OC(C)(C)O[C@@H]31)O[C@H]2n1cnc2c(N)ncnc21. The fourth-order valence-corrected chi connectivity index (χ4v) is 6.47. The van der Waals surface area contributed by atoms with Crippen molar-refractivity contribution in [1.82, 2.24) is 44.4 Å². The minimum absolute atomic E-state index is 0.101. The predicted octanol–water partition coefficient (Wildman–Crippen LogP) is -0.218. The monoisotopic (exact) mass is 609 g/mol. The van der Waals surface area contributed by atoms with Crippen LogP contribution in [0, 0.1) is 0 Å². The highest BCUT2D eigenvalue weighted by Gasteiger charge is 2.59. The van der Waals surface area contributed by atoms with Gasteiger partial charge in [-0.1, -0.05) is 0 Å². The van der Waals surface area contributed by atoms with Crippen LogP contribution in [0.15, 0.2) is 25.3 Å². The molecule has 0 saturated carbocycles. The third kappa shape index (κ3) is 4.20. The quantitative estimate of drug-likeness (QED) is 0.266. The van der Waals surface area contributed by atoms with E-state index >= 15 is 0 Å². The summed E-state index contributed by atoms with van der Waals surface area (Å²) in [5, 5.41) is 2.97. The molecule has 0 spiro atoms.